The van der Waals surface area contributed by atoms with E-state index in [9.17, 15) is 4.79 Å². The van der Waals surface area contributed by atoms with Crippen LogP contribution in [0.2, 0.25) is 0 Å². The van der Waals surface area contributed by atoms with Crippen molar-refractivity contribution in [2.24, 2.45) is 4.99 Å². The number of hydrogen-bond donors (Lipinski definition) is 0. The number of benzene rings is 2. The van der Waals surface area contributed by atoms with Gasteiger partial charge in [-0.2, -0.15) is 0 Å². The fourth-order valence-electron chi connectivity index (χ4n) is 3.09. The number of thioether (sulfide) groups is 1. The van der Waals surface area contributed by atoms with Crippen molar-refractivity contribution in [2.75, 3.05) is 23.7 Å². The van der Waals surface area contributed by atoms with Crippen molar-refractivity contribution in [1.82, 2.24) is 0 Å². The summed E-state index contributed by atoms with van der Waals surface area (Å²) in [6, 6.07) is 14.2. The number of nitrogens with zero attached hydrogens (tertiary/aromatic N) is 2. The molecular formula is C21H25BrN2OS. The topological polar surface area (TPSA) is 32.7 Å². The van der Waals surface area contributed by atoms with Crippen molar-refractivity contribution in [1.29, 1.82) is 0 Å². The van der Waals surface area contributed by atoms with Gasteiger partial charge in [0.25, 0.3) is 0 Å². The summed E-state index contributed by atoms with van der Waals surface area (Å²) in [5.74, 6) is 1.19. The van der Waals surface area contributed by atoms with Crippen LogP contribution in [0.15, 0.2) is 47.5 Å². The number of anilines is 1. The third-order valence-electron chi connectivity index (χ3n) is 4.40. The normalized spacial score (nSPS) is 13.6. The van der Waals surface area contributed by atoms with Gasteiger partial charge < -0.3 is 4.90 Å². The maximum atomic E-state index is 13.0. The van der Waals surface area contributed by atoms with Crippen LogP contribution in [0.25, 0.3) is 0 Å². The van der Waals surface area contributed by atoms with Gasteiger partial charge in [-0.3, -0.25) is 9.79 Å². The Labute approximate surface area is 170 Å². The van der Waals surface area contributed by atoms with Crippen molar-refractivity contribution in [3.8, 4) is 0 Å². The van der Waals surface area contributed by atoms with E-state index in [0.717, 1.165) is 46.3 Å². The smallest absolute Gasteiger partial charge is 0.182 e. The molecule has 0 saturated carbocycles. The van der Waals surface area contributed by atoms with E-state index in [0.29, 0.717) is 6.54 Å². The van der Waals surface area contributed by atoms with Gasteiger partial charge in [0.15, 0.2) is 11.0 Å². The summed E-state index contributed by atoms with van der Waals surface area (Å²) in [5.41, 5.74) is 5.23. The minimum absolute atomic E-state index is 0. The third-order valence-corrected chi connectivity index (χ3v) is 5.50. The highest BCUT2D eigenvalue weighted by molar-refractivity contribution is 8.93. The summed E-state index contributed by atoms with van der Waals surface area (Å²) in [5, 5.41) is 0.957. The van der Waals surface area contributed by atoms with Crippen LogP contribution in [0.3, 0.4) is 0 Å². The molecule has 1 aliphatic heterocycles. The number of para-hydroxylation sites is 1. The highest BCUT2D eigenvalue weighted by Gasteiger charge is 2.22. The number of carbonyl (C=O) groups is 1. The second-order valence-corrected chi connectivity index (χ2v) is 7.54. The molecule has 0 N–H and O–H groups in total. The lowest BCUT2D eigenvalue weighted by Gasteiger charge is -2.28. The molecule has 0 radical (unpaired) electrons. The average molecular weight is 433 g/mol. The Morgan fingerprint density at radius 2 is 1.88 bits per heavy atom. The lowest BCUT2D eigenvalue weighted by atomic mass is 10.0. The Morgan fingerprint density at radius 1 is 1.12 bits per heavy atom. The van der Waals surface area contributed by atoms with Crippen molar-refractivity contribution < 1.29 is 4.79 Å². The number of hydrogen-bond acceptors (Lipinski definition) is 4. The van der Waals surface area contributed by atoms with E-state index in [1.807, 2.05) is 38.1 Å². The highest BCUT2D eigenvalue weighted by atomic mass is 79.9. The average Bonchev–Trinajstić information content (AvgIpc) is 2.61. The predicted molar refractivity (Wildman–Crippen MR) is 118 cm³/mol. The van der Waals surface area contributed by atoms with Crippen LogP contribution >= 0.6 is 28.7 Å². The Balaban J connectivity index is 0.00000243. The van der Waals surface area contributed by atoms with Crippen molar-refractivity contribution in [3.05, 3.63) is 64.7 Å². The van der Waals surface area contributed by atoms with E-state index in [1.165, 1.54) is 5.56 Å². The van der Waals surface area contributed by atoms with Crippen LogP contribution in [-0.2, 0) is 0 Å². The van der Waals surface area contributed by atoms with E-state index < -0.39 is 0 Å². The van der Waals surface area contributed by atoms with Crippen molar-refractivity contribution >= 4 is 45.4 Å². The fraction of sp³-hybridized carbons (Fsp3) is 0.333. The number of amidine groups is 1. The summed E-state index contributed by atoms with van der Waals surface area (Å²) in [6.45, 7) is 7.29. The lowest BCUT2D eigenvalue weighted by Crippen LogP contribution is -2.36. The van der Waals surface area contributed by atoms with Gasteiger partial charge in [-0.25, -0.2) is 0 Å². The van der Waals surface area contributed by atoms with Crippen LogP contribution in [0.5, 0.6) is 0 Å². The molecule has 0 atom stereocenters. The van der Waals surface area contributed by atoms with Crippen LogP contribution in [0, 0.1) is 20.8 Å². The second kappa shape index (κ2) is 9.38. The molecule has 0 aliphatic carbocycles. The first kappa shape index (κ1) is 20.7. The Kier molecular flexibility index (Phi) is 7.47. The predicted octanol–water partition coefficient (Wildman–Crippen LogP) is 5.37. The summed E-state index contributed by atoms with van der Waals surface area (Å²) in [7, 11) is 0. The van der Waals surface area contributed by atoms with Crippen LogP contribution in [0.4, 0.5) is 5.69 Å². The molecule has 2 aromatic carbocycles. The van der Waals surface area contributed by atoms with E-state index in [1.54, 1.807) is 11.8 Å². The molecule has 2 aromatic rings. The maximum Gasteiger partial charge on any atom is 0.182 e. The molecule has 0 fully saturated rings. The minimum Gasteiger partial charge on any atom is -0.313 e. The van der Waals surface area contributed by atoms with Gasteiger partial charge in [0, 0.05) is 23.5 Å². The number of Topliss-reactive ketones (excluding diaryl/α,β-unsaturated/α-hetero) is 1. The molecule has 1 heterocycles. The quantitative estimate of drug-likeness (QED) is 0.608. The number of aliphatic imine (C=N–C) groups is 1. The van der Waals surface area contributed by atoms with Crippen LogP contribution < -0.4 is 4.90 Å². The third kappa shape index (κ3) is 4.77. The molecule has 5 heteroatoms. The fourth-order valence-corrected chi connectivity index (χ4v) is 4.05. The van der Waals surface area contributed by atoms with Crippen LogP contribution in [-0.4, -0.2) is 29.8 Å². The summed E-state index contributed by atoms with van der Waals surface area (Å²) in [6.07, 6.45) is 1.10. The van der Waals surface area contributed by atoms with Gasteiger partial charge in [-0.1, -0.05) is 53.7 Å². The van der Waals surface area contributed by atoms with Crippen LogP contribution in [0.1, 0.15) is 33.5 Å². The highest BCUT2D eigenvalue weighted by Crippen LogP contribution is 2.26. The molecule has 0 amide bonds. The van der Waals surface area contributed by atoms with E-state index >= 15 is 0 Å². The largest absolute Gasteiger partial charge is 0.313 e. The number of halogens is 1. The molecule has 138 valence electrons. The number of carbonyl (C=O) groups excluding carboxylic acids is 1. The van der Waals surface area contributed by atoms with Crippen molar-refractivity contribution in [2.45, 2.75) is 27.2 Å². The van der Waals surface area contributed by atoms with Gasteiger partial charge in [-0.05, 0) is 44.4 Å². The van der Waals surface area contributed by atoms with E-state index in [-0.39, 0.29) is 22.8 Å². The Hall–Kier alpha value is -1.59. The van der Waals surface area contributed by atoms with Gasteiger partial charge in [-0.15, -0.1) is 17.0 Å². The number of rotatable bonds is 4. The van der Waals surface area contributed by atoms with Gasteiger partial charge in [0.05, 0.1) is 6.54 Å². The van der Waals surface area contributed by atoms with Gasteiger partial charge in [0.2, 0.25) is 0 Å². The molecular weight excluding hydrogens is 408 g/mol. The zero-order valence-corrected chi connectivity index (χ0v) is 18.0. The zero-order chi connectivity index (χ0) is 17.8. The van der Waals surface area contributed by atoms with Crippen molar-refractivity contribution in [3.63, 3.8) is 0 Å². The summed E-state index contributed by atoms with van der Waals surface area (Å²) >= 11 is 1.74. The lowest BCUT2D eigenvalue weighted by molar-refractivity contribution is 0.100. The van der Waals surface area contributed by atoms with Gasteiger partial charge in [0.1, 0.15) is 0 Å². The Morgan fingerprint density at radius 3 is 2.54 bits per heavy atom. The van der Waals surface area contributed by atoms with E-state index in [2.05, 4.69) is 35.0 Å². The minimum atomic E-state index is 0. The first-order chi connectivity index (χ1) is 12.1. The second-order valence-electron chi connectivity index (χ2n) is 6.48. The number of ketones is 1. The molecule has 0 unspecified atom stereocenters. The maximum absolute atomic E-state index is 13.0. The molecule has 0 saturated heterocycles. The molecule has 3 rings (SSSR count). The van der Waals surface area contributed by atoms with Gasteiger partial charge >= 0.3 is 0 Å². The standard InChI is InChI=1S/C21H24N2OS.BrH/c1-15-9-10-18(17(3)13-15)20(24)14-23(21-22-11-6-12-25-21)19-8-5-4-7-16(19)2;/h4-5,7-10,13H,6,11-12,14H2,1-3H3;1H. The molecule has 0 spiro atoms. The zero-order valence-electron chi connectivity index (χ0n) is 15.5. The molecule has 0 bridgehead atoms. The molecule has 3 nitrogen and oxygen atoms in total. The molecule has 26 heavy (non-hydrogen) atoms. The van der Waals surface area contributed by atoms with E-state index in [4.69, 9.17) is 0 Å². The molecule has 1 aliphatic rings. The molecule has 0 aromatic heterocycles. The summed E-state index contributed by atoms with van der Waals surface area (Å²) < 4.78 is 0. The SMILES string of the molecule is Br.Cc1ccc(C(=O)CN(C2=NCCCS2)c2ccccc2C)c(C)c1. The first-order valence-electron chi connectivity index (χ1n) is 8.67. The first-order valence-corrected chi connectivity index (χ1v) is 9.65. The Bertz CT molecular complexity index is 819. The number of aryl methyl sites for hydroxylation is 3. The summed E-state index contributed by atoms with van der Waals surface area (Å²) in [4.78, 5) is 19.8. The monoisotopic (exact) mass is 432 g/mol.